The number of amides is 1. The van der Waals surface area contributed by atoms with Crippen LogP contribution in [0.1, 0.15) is 32.1 Å². The van der Waals surface area contributed by atoms with E-state index in [2.05, 4.69) is 20.2 Å². The predicted molar refractivity (Wildman–Crippen MR) is 92.6 cm³/mol. The van der Waals surface area contributed by atoms with Gasteiger partial charge in [-0.05, 0) is 37.5 Å². The van der Waals surface area contributed by atoms with Crippen molar-refractivity contribution in [1.82, 2.24) is 15.3 Å². The van der Waals surface area contributed by atoms with Gasteiger partial charge in [0.05, 0.1) is 19.8 Å². The molecule has 0 bridgehead atoms. The summed E-state index contributed by atoms with van der Waals surface area (Å²) < 4.78 is 10.9. The molecule has 1 amide bonds. The largest absolute Gasteiger partial charge is 0.481 e. The Bertz CT molecular complexity index is 627. The molecule has 136 valence electrons. The van der Waals surface area contributed by atoms with E-state index in [-0.39, 0.29) is 23.3 Å². The molecule has 3 fully saturated rings. The number of carbonyl (C=O) groups is 1. The molecule has 7 heteroatoms. The number of carbonyl (C=O) groups excluding carboxylic acids is 1. The fourth-order valence-corrected chi connectivity index (χ4v) is 4.05. The molecule has 3 heterocycles. The van der Waals surface area contributed by atoms with Crippen molar-refractivity contribution in [2.75, 3.05) is 38.3 Å². The highest BCUT2D eigenvalue weighted by atomic mass is 16.5. The molecule has 1 aromatic rings. The van der Waals surface area contributed by atoms with Gasteiger partial charge in [-0.25, -0.2) is 9.97 Å². The number of ether oxygens (including phenoxy) is 2. The number of rotatable bonds is 4. The van der Waals surface area contributed by atoms with Crippen LogP contribution in [0.5, 0.6) is 5.88 Å². The molecule has 0 aromatic carbocycles. The molecule has 0 radical (unpaired) electrons. The van der Waals surface area contributed by atoms with Crippen LogP contribution in [0.25, 0.3) is 0 Å². The average Bonchev–Trinajstić information content (AvgIpc) is 3.50. The molecule has 4 rings (SSSR count). The summed E-state index contributed by atoms with van der Waals surface area (Å²) in [5.74, 6) is 1.96. The van der Waals surface area contributed by atoms with Crippen molar-refractivity contribution < 1.29 is 14.3 Å². The van der Waals surface area contributed by atoms with Crippen molar-refractivity contribution in [3.63, 3.8) is 0 Å². The molecule has 1 spiro atoms. The van der Waals surface area contributed by atoms with E-state index in [0.29, 0.717) is 12.5 Å². The van der Waals surface area contributed by atoms with E-state index < -0.39 is 0 Å². The first-order valence-corrected chi connectivity index (χ1v) is 9.19. The lowest BCUT2D eigenvalue weighted by atomic mass is 9.69. The molecule has 3 aliphatic rings. The Kier molecular flexibility index (Phi) is 4.50. The topological polar surface area (TPSA) is 76.6 Å². The van der Waals surface area contributed by atoms with Crippen LogP contribution in [0.4, 0.5) is 5.82 Å². The molecule has 1 saturated carbocycles. The van der Waals surface area contributed by atoms with Crippen LogP contribution < -0.4 is 15.0 Å². The smallest absolute Gasteiger partial charge is 0.223 e. The Morgan fingerprint density at radius 1 is 1.32 bits per heavy atom. The number of nitrogens with one attached hydrogen (secondary N) is 1. The Hall–Kier alpha value is -1.89. The Morgan fingerprint density at radius 3 is 2.84 bits per heavy atom. The SMILES string of the molecule is COc1cc(N2CCC3(CCOC[C@@H]3NC(=O)C3CC3)CC2)ncn1. The molecule has 2 aliphatic heterocycles. The van der Waals surface area contributed by atoms with Crippen LogP contribution in [0, 0.1) is 11.3 Å². The fourth-order valence-electron chi connectivity index (χ4n) is 4.05. The lowest BCUT2D eigenvalue weighted by Crippen LogP contribution is -2.58. The van der Waals surface area contributed by atoms with Gasteiger partial charge in [-0.1, -0.05) is 0 Å². The van der Waals surface area contributed by atoms with E-state index in [1.54, 1.807) is 13.4 Å². The molecule has 1 N–H and O–H groups in total. The van der Waals surface area contributed by atoms with Crippen LogP contribution in [-0.4, -0.2) is 55.3 Å². The lowest BCUT2D eigenvalue weighted by Gasteiger charge is -2.49. The maximum Gasteiger partial charge on any atom is 0.223 e. The van der Waals surface area contributed by atoms with Crippen LogP contribution in [-0.2, 0) is 9.53 Å². The maximum absolute atomic E-state index is 12.2. The monoisotopic (exact) mass is 346 g/mol. The zero-order chi connectivity index (χ0) is 17.3. The molecule has 7 nitrogen and oxygen atoms in total. The van der Waals surface area contributed by atoms with E-state index in [9.17, 15) is 4.79 Å². The highest BCUT2D eigenvalue weighted by Gasteiger charge is 2.45. The number of piperidine rings is 1. The number of nitrogens with zero attached hydrogens (tertiary/aromatic N) is 3. The third-order valence-electron chi connectivity index (χ3n) is 5.95. The van der Waals surface area contributed by atoms with Crippen molar-refractivity contribution in [2.24, 2.45) is 11.3 Å². The number of anilines is 1. The zero-order valence-corrected chi connectivity index (χ0v) is 14.7. The van der Waals surface area contributed by atoms with Crippen molar-refractivity contribution in [1.29, 1.82) is 0 Å². The number of methoxy groups -OCH3 is 1. The van der Waals surface area contributed by atoms with Gasteiger partial charge in [0, 0.05) is 31.7 Å². The van der Waals surface area contributed by atoms with Crippen LogP contribution in [0.15, 0.2) is 12.4 Å². The third-order valence-corrected chi connectivity index (χ3v) is 5.95. The highest BCUT2D eigenvalue weighted by molar-refractivity contribution is 5.81. The van der Waals surface area contributed by atoms with Crippen LogP contribution in [0.2, 0.25) is 0 Å². The fraction of sp³-hybridized carbons (Fsp3) is 0.722. The van der Waals surface area contributed by atoms with Gasteiger partial charge in [0.1, 0.15) is 12.1 Å². The molecule has 1 aliphatic carbocycles. The van der Waals surface area contributed by atoms with Gasteiger partial charge in [-0.2, -0.15) is 0 Å². The highest BCUT2D eigenvalue weighted by Crippen LogP contribution is 2.42. The summed E-state index contributed by atoms with van der Waals surface area (Å²) in [4.78, 5) is 23.0. The quantitative estimate of drug-likeness (QED) is 0.888. The van der Waals surface area contributed by atoms with E-state index in [1.807, 2.05) is 6.07 Å². The van der Waals surface area contributed by atoms with E-state index in [4.69, 9.17) is 9.47 Å². The normalized spacial score (nSPS) is 25.6. The summed E-state index contributed by atoms with van der Waals surface area (Å²) >= 11 is 0. The van der Waals surface area contributed by atoms with Gasteiger partial charge in [0.15, 0.2) is 0 Å². The summed E-state index contributed by atoms with van der Waals surface area (Å²) in [6, 6.07) is 2.02. The molecular weight excluding hydrogens is 320 g/mol. The minimum Gasteiger partial charge on any atom is -0.481 e. The summed E-state index contributed by atoms with van der Waals surface area (Å²) in [6.07, 6.45) is 6.72. The molecule has 2 saturated heterocycles. The van der Waals surface area contributed by atoms with Crippen LogP contribution in [0.3, 0.4) is 0 Å². The number of hydrogen-bond acceptors (Lipinski definition) is 6. The predicted octanol–water partition coefficient (Wildman–Crippen LogP) is 1.39. The Morgan fingerprint density at radius 2 is 2.12 bits per heavy atom. The van der Waals surface area contributed by atoms with Gasteiger partial charge >= 0.3 is 0 Å². The summed E-state index contributed by atoms with van der Waals surface area (Å²) in [6.45, 7) is 3.28. The first-order valence-electron chi connectivity index (χ1n) is 9.19. The van der Waals surface area contributed by atoms with Gasteiger partial charge in [0.25, 0.3) is 0 Å². The minimum absolute atomic E-state index is 0.136. The first-order chi connectivity index (χ1) is 12.2. The summed E-state index contributed by atoms with van der Waals surface area (Å²) in [7, 11) is 1.62. The lowest BCUT2D eigenvalue weighted by molar-refractivity contribution is -0.127. The number of hydrogen-bond donors (Lipinski definition) is 1. The zero-order valence-electron chi connectivity index (χ0n) is 14.7. The van der Waals surface area contributed by atoms with Crippen molar-refractivity contribution in [3.05, 3.63) is 12.4 Å². The second kappa shape index (κ2) is 6.78. The van der Waals surface area contributed by atoms with E-state index in [1.165, 1.54) is 0 Å². The van der Waals surface area contributed by atoms with Gasteiger partial charge in [-0.15, -0.1) is 0 Å². The van der Waals surface area contributed by atoms with Gasteiger partial charge in [0.2, 0.25) is 11.8 Å². The molecule has 25 heavy (non-hydrogen) atoms. The van der Waals surface area contributed by atoms with Gasteiger partial charge in [-0.3, -0.25) is 4.79 Å². The van der Waals surface area contributed by atoms with Crippen molar-refractivity contribution >= 4 is 11.7 Å². The first kappa shape index (κ1) is 16.6. The summed E-state index contributed by atoms with van der Waals surface area (Å²) in [5.41, 5.74) is 0.149. The molecule has 0 unspecified atom stereocenters. The van der Waals surface area contributed by atoms with Crippen LogP contribution >= 0.6 is 0 Å². The van der Waals surface area contributed by atoms with Gasteiger partial charge < -0.3 is 19.7 Å². The third kappa shape index (κ3) is 3.42. The summed E-state index contributed by atoms with van der Waals surface area (Å²) in [5, 5.41) is 3.29. The van der Waals surface area contributed by atoms with Crippen molar-refractivity contribution in [3.8, 4) is 5.88 Å². The Labute approximate surface area is 148 Å². The average molecular weight is 346 g/mol. The maximum atomic E-state index is 12.2. The standard InChI is InChI=1S/C18H26N4O3/c1-24-16-10-15(19-12-20-16)22-7-4-18(5-8-22)6-9-25-11-14(18)21-17(23)13-2-3-13/h10,12-14H,2-9,11H2,1H3,(H,21,23)/t14-/m0/s1. The number of aromatic nitrogens is 2. The van der Waals surface area contributed by atoms with E-state index in [0.717, 1.165) is 57.6 Å². The molecular formula is C18H26N4O3. The molecule has 1 atom stereocenters. The van der Waals surface area contributed by atoms with Crippen molar-refractivity contribution in [2.45, 2.75) is 38.1 Å². The molecule has 1 aromatic heterocycles. The minimum atomic E-state index is 0.136. The van der Waals surface area contributed by atoms with E-state index >= 15 is 0 Å². The second-order valence-electron chi connectivity index (χ2n) is 7.43. The Balaban J connectivity index is 1.43. The second-order valence-corrected chi connectivity index (χ2v) is 7.43.